The Hall–Kier alpha value is -1.13. The van der Waals surface area contributed by atoms with Gasteiger partial charge in [0, 0.05) is 35.7 Å². The maximum atomic E-state index is 5.43. The molecule has 0 aromatic carbocycles. The molecule has 1 atom stereocenters. The van der Waals surface area contributed by atoms with Crippen LogP contribution in [0.15, 0.2) is 28.3 Å². The van der Waals surface area contributed by atoms with Gasteiger partial charge in [0.1, 0.15) is 5.76 Å². The van der Waals surface area contributed by atoms with Crippen molar-refractivity contribution in [3.05, 3.63) is 40.8 Å². The molecule has 0 saturated carbocycles. The van der Waals surface area contributed by atoms with Crippen LogP contribution in [-0.4, -0.2) is 10.9 Å². The molecule has 2 aromatic rings. The number of rotatable bonds is 1. The summed E-state index contributed by atoms with van der Waals surface area (Å²) in [4.78, 5) is 0. The molecule has 0 radical (unpaired) electrons. The molecule has 0 bridgehead atoms. The third-order valence-corrected chi connectivity index (χ3v) is 3.18. The van der Waals surface area contributed by atoms with E-state index in [4.69, 9.17) is 4.42 Å². The maximum Gasteiger partial charge on any atom is 0.110 e. The molecule has 1 aliphatic rings. The second-order valence-corrected chi connectivity index (χ2v) is 4.05. The third-order valence-electron chi connectivity index (χ3n) is 2.58. The molecule has 1 unspecified atom stereocenters. The minimum Gasteiger partial charge on any atom is -0.469 e. The molecular formula is C10H10N2OS. The normalized spacial score (nSPS) is 20.7. The van der Waals surface area contributed by atoms with Crippen LogP contribution in [0.2, 0.25) is 0 Å². The van der Waals surface area contributed by atoms with E-state index in [1.54, 1.807) is 6.26 Å². The smallest absolute Gasteiger partial charge is 0.110 e. The SMILES string of the molecule is c1cc2c(o1)CCNC2c1cnsc1. The first-order chi connectivity index (χ1) is 6.95. The molecule has 0 amide bonds. The van der Waals surface area contributed by atoms with Gasteiger partial charge in [-0.15, -0.1) is 0 Å². The van der Waals surface area contributed by atoms with Crippen molar-refractivity contribution in [1.29, 1.82) is 0 Å². The molecule has 14 heavy (non-hydrogen) atoms. The first-order valence-electron chi connectivity index (χ1n) is 4.64. The number of nitrogens with zero attached hydrogens (tertiary/aromatic N) is 1. The maximum absolute atomic E-state index is 5.43. The van der Waals surface area contributed by atoms with Crippen LogP contribution < -0.4 is 5.32 Å². The number of aromatic nitrogens is 1. The topological polar surface area (TPSA) is 38.1 Å². The van der Waals surface area contributed by atoms with Crippen molar-refractivity contribution in [2.75, 3.05) is 6.54 Å². The molecule has 3 nitrogen and oxygen atoms in total. The van der Waals surface area contributed by atoms with E-state index in [-0.39, 0.29) is 6.04 Å². The van der Waals surface area contributed by atoms with E-state index in [0.29, 0.717) is 0 Å². The van der Waals surface area contributed by atoms with Gasteiger partial charge in [-0.05, 0) is 17.6 Å². The zero-order chi connectivity index (χ0) is 9.38. The Kier molecular flexibility index (Phi) is 1.89. The lowest BCUT2D eigenvalue weighted by atomic mass is 9.98. The Labute approximate surface area is 85.9 Å². The van der Waals surface area contributed by atoms with Crippen LogP contribution in [0, 0.1) is 0 Å². The van der Waals surface area contributed by atoms with Crippen LogP contribution in [0.4, 0.5) is 0 Å². The van der Waals surface area contributed by atoms with Gasteiger partial charge in [-0.3, -0.25) is 0 Å². The summed E-state index contributed by atoms with van der Waals surface area (Å²) in [5.74, 6) is 1.11. The third kappa shape index (κ3) is 1.19. The monoisotopic (exact) mass is 206 g/mol. The standard InChI is InChI=1S/C10H10N2OS/c1-3-11-10(7-5-12-14-6-7)8-2-4-13-9(1)8/h2,4-6,10-11H,1,3H2. The molecule has 3 rings (SSSR count). The average molecular weight is 206 g/mol. The van der Waals surface area contributed by atoms with Crippen molar-refractivity contribution in [2.24, 2.45) is 0 Å². The molecule has 72 valence electrons. The zero-order valence-electron chi connectivity index (χ0n) is 7.56. The van der Waals surface area contributed by atoms with Crippen LogP contribution in [0.25, 0.3) is 0 Å². The number of furan rings is 1. The average Bonchev–Trinajstić information content (AvgIpc) is 2.88. The lowest BCUT2D eigenvalue weighted by molar-refractivity contribution is 0.456. The summed E-state index contributed by atoms with van der Waals surface area (Å²) < 4.78 is 9.55. The van der Waals surface area contributed by atoms with Crippen LogP contribution in [0.1, 0.15) is 22.9 Å². The highest BCUT2D eigenvalue weighted by Crippen LogP contribution is 2.29. The molecule has 2 aromatic heterocycles. The number of nitrogens with one attached hydrogen (secondary N) is 1. The van der Waals surface area contributed by atoms with Gasteiger partial charge in [-0.2, -0.15) is 0 Å². The fourth-order valence-electron chi connectivity index (χ4n) is 1.90. The van der Waals surface area contributed by atoms with Crippen molar-refractivity contribution < 1.29 is 4.42 Å². The first-order valence-corrected chi connectivity index (χ1v) is 5.48. The summed E-state index contributed by atoms with van der Waals surface area (Å²) in [5, 5.41) is 5.55. The van der Waals surface area contributed by atoms with Crippen LogP contribution in [-0.2, 0) is 6.42 Å². The van der Waals surface area contributed by atoms with E-state index < -0.39 is 0 Å². The molecule has 0 aliphatic carbocycles. The highest BCUT2D eigenvalue weighted by molar-refractivity contribution is 7.03. The molecular weight excluding hydrogens is 196 g/mol. The molecule has 0 saturated heterocycles. The van der Waals surface area contributed by atoms with Crippen molar-refractivity contribution in [1.82, 2.24) is 9.69 Å². The number of fused-ring (bicyclic) bond motifs is 1. The fraction of sp³-hybridized carbons (Fsp3) is 0.300. The summed E-state index contributed by atoms with van der Waals surface area (Å²) in [5.41, 5.74) is 2.49. The zero-order valence-corrected chi connectivity index (χ0v) is 8.38. The van der Waals surface area contributed by atoms with E-state index in [2.05, 4.69) is 15.1 Å². The van der Waals surface area contributed by atoms with Gasteiger partial charge in [0.2, 0.25) is 0 Å². The van der Waals surface area contributed by atoms with Gasteiger partial charge < -0.3 is 9.73 Å². The number of hydrogen-bond donors (Lipinski definition) is 1. The molecule has 1 N–H and O–H groups in total. The van der Waals surface area contributed by atoms with Crippen molar-refractivity contribution in [3.8, 4) is 0 Å². The molecule has 4 heteroatoms. The summed E-state index contributed by atoms with van der Waals surface area (Å²) in [6, 6.07) is 2.32. The van der Waals surface area contributed by atoms with Crippen molar-refractivity contribution >= 4 is 11.5 Å². The van der Waals surface area contributed by atoms with Crippen molar-refractivity contribution in [3.63, 3.8) is 0 Å². The molecule has 0 fully saturated rings. The van der Waals surface area contributed by atoms with Crippen LogP contribution in [0.5, 0.6) is 0 Å². The van der Waals surface area contributed by atoms with E-state index in [9.17, 15) is 0 Å². The largest absolute Gasteiger partial charge is 0.469 e. The van der Waals surface area contributed by atoms with Crippen LogP contribution in [0.3, 0.4) is 0 Å². The summed E-state index contributed by atoms with van der Waals surface area (Å²) in [6.07, 6.45) is 4.67. The minimum atomic E-state index is 0.274. The molecule has 1 aliphatic heterocycles. The second kappa shape index (κ2) is 3.22. The molecule has 3 heterocycles. The summed E-state index contributed by atoms with van der Waals surface area (Å²) in [7, 11) is 0. The van der Waals surface area contributed by atoms with Gasteiger partial charge in [0.15, 0.2) is 0 Å². The van der Waals surface area contributed by atoms with Gasteiger partial charge in [0.05, 0.1) is 12.3 Å². The first kappa shape index (κ1) is 8.20. The Morgan fingerprint density at radius 3 is 3.43 bits per heavy atom. The fourth-order valence-corrected chi connectivity index (χ4v) is 2.47. The Bertz CT molecular complexity index is 421. The van der Waals surface area contributed by atoms with E-state index >= 15 is 0 Å². The van der Waals surface area contributed by atoms with E-state index in [0.717, 1.165) is 18.7 Å². The van der Waals surface area contributed by atoms with E-state index in [1.807, 2.05) is 12.3 Å². The molecule has 0 spiro atoms. The number of hydrogen-bond acceptors (Lipinski definition) is 4. The Balaban J connectivity index is 2.04. The quantitative estimate of drug-likeness (QED) is 0.775. The predicted molar refractivity (Wildman–Crippen MR) is 54.4 cm³/mol. The van der Waals surface area contributed by atoms with Crippen LogP contribution >= 0.6 is 11.5 Å². The highest BCUT2D eigenvalue weighted by atomic mass is 32.1. The summed E-state index contributed by atoms with van der Waals surface area (Å²) in [6.45, 7) is 0.973. The lowest BCUT2D eigenvalue weighted by Crippen LogP contribution is -2.29. The minimum absolute atomic E-state index is 0.274. The predicted octanol–water partition coefficient (Wildman–Crippen LogP) is 1.97. The van der Waals surface area contributed by atoms with E-state index in [1.165, 1.54) is 22.7 Å². The lowest BCUT2D eigenvalue weighted by Gasteiger charge is -2.21. The van der Waals surface area contributed by atoms with Gasteiger partial charge >= 0.3 is 0 Å². The highest BCUT2D eigenvalue weighted by Gasteiger charge is 2.23. The summed E-state index contributed by atoms with van der Waals surface area (Å²) >= 11 is 1.49. The second-order valence-electron chi connectivity index (χ2n) is 3.39. The van der Waals surface area contributed by atoms with Gasteiger partial charge in [-0.1, -0.05) is 0 Å². The van der Waals surface area contributed by atoms with Gasteiger partial charge in [-0.25, -0.2) is 4.37 Å². The Morgan fingerprint density at radius 2 is 2.57 bits per heavy atom. The van der Waals surface area contributed by atoms with Crippen molar-refractivity contribution in [2.45, 2.75) is 12.5 Å². The van der Waals surface area contributed by atoms with Gasteiger partial charge in [0.25, 0.3) is 0 Å². The Morgan fingerprint density at radius 1 is 1.57 bits per heavy atom.